The lowest BCUT2D eigenvalue weighted by molar-refractivity contribution is 0.170. The zero-order chi connectivity index (χ0) is 17.5. The Labute approximate surface area is 158 Å². The van der Waals surface area contributed by atoms with E-state index in [2.05, 4.69) is 63.7 Å². The van der Waals surface area contributed by atoms with E-state index in [1.54, 1.807) is 0 Å². The average molecular weight is 401 g/mol. The van der Waals surface area contributed by atoms with Gasteiger partial charge >= 0.3 is 6.03 Å². The number of likely N-dealkylation sites (tertiary alicyclic amines) is 1. The Morgan fingerprint density at radius 3 is 2.36 bits per heavy atom. The highest BCUT2D eigenvalue weighted by atomic mass is 79.9. The summed E-state index contributed by atoms with van der Waals surface area (Å²) < 4.78 is 1.08. The smallest absolute Gasteiger partial charge is 0.317 e. The van der Waals surface area contributed by atoms with Gasteiger partial charge in [0.2, 0.25) is 0 Å². The number of nitrogens with zero attached hydrogens (tertiary/aromatic N) is 1. The highest BCUT2D eigenvalue weighted by Gasteiger charge is 2.22. The fraction of sp³-hybridized carbons (Fsp3) is 0.381. The zero-order valence-corrected chi connectivity index (χ0v) is 16.0. The number of carbonyl (C=O) groups excluding carboxylic acids is 1. The van der Waals surface area contributed by atoms with Gasteiger partial charge in [-0.2, -0.15) is 0 Å². The average Bonchev–Trinajstić information content (AvgIpc) is 2.65. The van der Waals surface area contributed by atoms with Gasteiger partial charge in [-0.25, -0.2) is 4.79 Å². The molecule has 2 amide bonds. The van der Waals surface area contributed by atoms with Gasteiger partial charge < -0.3 is 10.2 Å². The first-order valence-electron chi connectivity index (χ1n) is 9.02. The molecule has 2 aromatic carbocycles. The summed E-state index contributed by atoms with van der Waals surface area (Å²) in [6.07, 6.45) is 4.17. The van der Waals surface area contributed by atoms with Crippen molar-refractivity contribution in [2.75, 3.05) is 19.6 Å². The van der Waals surface area contributed by atoms with Crippen LogP contribution in [0.2, 0.25) is 0 Å². The third kappa shape index (κ3) is 5.60. The number of rotatable bonds is 5. The van der Waals surface area contributed by atoms with E-state index in [0.717, 1.165) is 43.2 Å². The molecule has 132 valence electrons. The molecule has 1 aliphatic heterocycles. The molecule has 3 nitrogen and oxygen atoms in total. The van der Waals surface area contributed by atoms with E-state index in [-0.39, 0.29) is 6.03 Å². The summed E-state index contributed by atoms with van der Waals surface area (Å²) in [6, 6.07) is 19.0. The Bertz CT molecular complexity index is 664. The minimum absolute atomic E-state index is 0.0790. The van der Waals surface area contributed by atoms with Crippen LogP contribution in [0.15, 0.2) is 59.1 Å². The second-order valence-corrected chi connectivity index (χ2v) is 7.64. The number of halogens is 1. The molecule has 4 heteroatoms. The van der Waals surface area contributed by atoms with Gasteiger partial charge in [0.05, 0.1) is 0 Å². The highest BCUT2D eigenvalue weighted by molar-refractivity contribution is 9.10. The van der Waals surface area contributed by atoms with Gasteiger partial charge in [-0.05, 0) is 54.9 Å². The lowest BCUT2D eigenvalue weighted by atomic mass is 9.90. The molecule has 1 fully saturated rings. The largest absolute Gasteiger partial charge is 0.338 e. The molecule has 0 radical (unpaired) electrons. The number of hydrogen-bond acceptors (Lipinski definition) is 1. The minimum Gasteiger partial charge on any atom is -0.338 e. The van der Waals surface area contributed by atoms with Crippen molar-refractivity contribution in [3.63, 3.8) is 0 Å². The van der Waals surface area contributed by atoms with E-state index in [1.165, 1.54) is 11.1 Å². The first-order chi connectivity index (χ1) is 12.2. The Morgan fingerprint density at radius 2 is 1.68 bits per heavy atom. The van der Waals surface area contributed by atoms with E-state index in [9.17, 15) is 4.79 Å². The van der Waals surface area contributed by atoms with Crippen LogP contribution in [0, 0.1) is 5.92 Å². The summed E-state index contributed by atoms with van der Waals surface area (Å²) in [6.45, 7) is 2.41. The standard InChI is InChI=1S/C21H25BrN2O/c22-20-8-6-17(7-9-20)10-13-23-21(25)24-14-11-19(12-15-24)16-18-4-2-1-3-5-18/h1-9,19H,10-16H2,(H,23,25). The van der Waals surface area contributed by atoms with Crippen LogP contribution in [0.3, 0.4) is 0 Å². The van der Waals surface area contributed by atoms with Crippen LogP contribution in [-0.4, -0.2) is 30.6 Å². The van der Waals surface area contributed by atoms with Crippen LogP contribution in [0.1, 0.15) is 24.0 Å². The van der Waals surface area contributed by atoms with Crippen molar-refractivity contribution in [3.05, 3.63) is 70.2 Å². The van der Waals surface area contributed by atoms with Crippen molar-refractivity contribution in [2.24, 2.45) is 5.92 Å². The molecule has 1 N–H and O–H groups in total. The molecule has 0 aromatic heterocycles. The molecule has 0 atom stereocenters. The summed E-state index contributed by atoms with van der Waals surface area (Å²) >= 11 is 3.44. The Kier molecular flexibility index (Phi) is 6.51. The monoisotopic (exact) mass is 400 g/mol. The van der Waals surface area contributed by atoms with E-state index in [1.807, 2.05) is 17.0 Å². The number of hydrogen-bond donors (Lipinski definition) is 1. The normalized spacial score (nSPS) is 15.2. The molecule has 0 spiro atoms. The lowest BCUT2D eigenvalue weighted by Gasteiger charge is -2.32. The summed E-state index contributed by atoms with van der Waals surface area (Å²) in [4.78, 5) is 14.3. The van der Waals surface area contributed by atoms with Gasteiger partial charge in [0.1, 0.15) is 0 Å². The predicted molar refractivity (Wildman–Crippen MR) is 106 cm³/mol. The number of nitrogens with one attached hydrogen (secondary N) is 1. The molecule has 1 heterocycles. The quantitative estimate of drug-likeness (QED) is 0.777. The first kappa shape index (κ1) is 18.0. The van der Waals surface area contributed by atoms with Crippen molar-refractivity contribution >= 4 is 22.0 Å². The summed E-state index contributed by atoms with van der Waals surface area (Å²) in [5.41, 5.74) is 2.64. The van der Waals surface area contributed by atoms with Crippen LogP contribution in [0.25, 0.3) is 0 Å². The van der Waals surface area contributed by atoms with E-state index >= 15 is 0 Å². The molecular weight excluding hydrogens is 376 g/mol. The van der Waals surface area contributed by atoms with Crippen molar-refractivity contribution in [3.8, 4) is 0 Å². The fourth-order valence-electron chi connectivity index (χ4n) is 3.36. The molecule has 3 rings (SSSR count). The van der Waals surface area contributed by atoms with Crippen LogP contribution in [-0.2, 0) is 12.8 Å². The Morgan fingerprint density at radius 1 is 1.00 bits per heavy atom. The summed E-state index contributed by atoms with van der Waals surface area (Å²) in [5, 5.41) is 3.06. The predicted octanol–water partition coefficient (Wildman–Crippen LogP) is 4.66. The lowest BCUT2D eigenvalue weighted by Crippen LogP contribution is -2.45. The van der Waals surface area contributed by atoms with Crippen molar-refractivity contribution < 1.29 is 4.79 Å². The van der Waals surface area contributed by atoms with E-state index in [4.69, 9.17) is 0 Å². The van der Waals surface area contributed by atoms with Gasteiger partial charge in [-0.1, -0.05) is 58.4 Å². The number of benzene rings is 2. The summed E-state index contributed by atoms with van der Waals surface area (Å²) in [5.74, 6) is 0.689. The van der Waals surface area contributed by atoms with Gasteiger partial charge in [-0.3, -0.25) is 0 Å². The van der Waals surface area contributed by atoms with Gasteiger partial charge in [0.25, 0.3) is 0 Å². The van der Waals surface area contributed by atoms with Gasteiger partial charge in [0.15, 0.2) is 0 Å². The molecule has 1 saturated heterocycles. The molecule has 0 unspecified atom stereocenters. The minimum atomic E-state index is 0.0790. The number of carbonyl (C=O) groups is 1. The molecule has 0 saturated carbocycles. The SMILES string of the molecule is O=C(NCCc1ccc(Br)cc1)N1CCC(Cc2ccccc2)CC1. The number of piperidine rings is 1. The number of amides is 2. The summed E-state index contributed by atoms with van der Waals surface area (Å²) in [7, 11) is 0. The van der Waals surface area contributed by atoms with Crippen LogP contribution >= 0.6 is 15.9 Å². The highest BCUT2D eigenvalue weighted by Crippen LogP contribution is 2.21. The fourth-order valence-corrected chi connectivity index (χ4v) is 3.63. The molecule has 1 aliphatic rings. The van der Waals surface area contributed by atoms with Crippen molar-refractivity contribution in [1.29, 1.82) is 0 Å². The molecule has 25 heavy (non-hydrogen) atoms. The molecule has 0 bridgehead atoms. The maximum Gasteiger partial charge on any atom is 0.317 e. The maximum atomic E-state index is 12.3. The molecule has 0 aliphatic carbocycles. The maximum absolute atomic E-state index is 12.3. The topological polar surface area (TPSA) is 32.3 Å². The van der Waals surface area contributed by atoms with Crippen molar-refractivity contribution in [2.45, 2.75) is 25.7 Å². The Balaban J connectivity index is 1.37. The van der Waals surface area contributed by atoms with Crippen molar-refractivity contribution in [1.82, 2.24) is 10.2 Å². The van der Waals surface area contributed by atoms with Crippen LogP contribution in [0.5, 0.6) is 0 Å². The first-order valence-corrected chi connectivity index (χ1v) is 9.81. The second-order valence-electron chi connectivity index (χ2n) is 6.73. The van der Waals surface area contributed by atoms with Crippen LogP contribution in [0.4, 0.5) is 4.79 Å². The third-order valence-corrected chi connectivity index (χ3v) is 5.40. The zero-order valence-electron chi connectivity index (χ0n) is 14.5. The third-order valence-electron chi connectivity index (χ3n) is 4.87. The molecule has 2 aromatic rings. The van der Waals surface area contributed by atoms with Gasteiger partial charge in [0, 0.05) is 24.1 Å². The second kappa shape index (κ2) is 9.04. The molecular formula is C21H25BrN2O. The van der Waals surface area contributed by atoms with Gasteiger partial charge in [-0.15, -0.1) is 0 Å². The van der Waals surface area contributed by atoms with E-state index in [0.29, 0.717) is 12.5 Å². The van der Waals surface area contributed by atoms with Crippen LogP contribution < -0.4 is 5.32 Å². The Hall–Kier alpha value is -1.81. The number of urea groups is 1. The van der Waals surface area contributed by atoms with E-state index < -0.39 is 0 Å².